The first-order valence-electron chi connectivity index (χ1n) is 6.44. The van der Waals surface area contributed by atoms with Crippen molar-refractivity contribution in [3.05, 3.63) is 47.5 Å². The largest absolute Gasteiger partial charge is 0.252 e. The molecule has 3 nitrogen and oxygen atoms in total. The van der Waals surface area contributed by atoms with E-state index in [0.717, 1.165) is 18.4 Å². The van der Waals surface area contributed by atoms with Crippen molar-refractivity contribution >= 4 is 23.2 Å². The van der Waals surface area contributed by atoms with Crippen molar-refractivity contribution < 1.29 is 0 Å². The van der Waals surface area contributed by atoms with Gasteiger partial charge in [0.1, 0.15) is 12.7 Å². The summed E-state index contributed by atoms with van der Waals surface area (Å²) in [5, 5.41) is 4.84. The molecule has 1 aromatic carbocycles. The van der Waals surface area contributed by atoms with Crippen molar-refractivity contribution in [1.82, 2.24) is 14.8 Å². The van der Waals surface area contributed by atoms with Crippen LogP contribution in [0.5, 0.6) is 0 Å². The molecule has 0 N–H and O–H groups in total. The van der Waals surface area contributed by atoms with Gasteiger partial charge in [-0.2, -0.15) is 5.10 Å². The van der Waals surface area contributed by atoms with Gasteiger partial charge in [-0.1, -0.05) is 23.4 Å². The van der Waals surface area contributed by atoms with Gasteiger partial charge >= 0.3 is 0 Å². The van der Waals surface area contributed by atoms with Gasteiger partial charge in [-0.15, -0.1) is 11.6 Å². The Morgan fingerprint density at radius 1 is 1.30 bits per heavy atom. The number of hydrogen-bond acceptors (Lipinski definition) is 2. The molecule has 102 valence electrons. The zero-order valence-corrected chi connectivity index (χ0v) is 12.3. The van der Waals surface area contributed by atoms with Crippen molar-refractivity contribution in [3.63, 3.8) is 0 Å². The van der Waals surface area contributed by atoms with Crippen LogP contribution in [0.4, 0.5) is 0 Å². The van der Waals surface area contributed by atoms with Gasteiger partial charge in [-0.05, 0) is 37.1 Å². The van der Waals surface area contributed by atoms with Crippen LogP contribution in [0.25, 0.3) is 0 Å². The van der Waals surface area contributed by atoms with E-state index >= 15 is 0 Å². The topological polar surface area (TPSA) is 30.7 Å². The molecule has 0 aliphatic heterocycles. The van der Waals surface area contributed by atoms with Crippen molar-refractivity contribution in [2.24, 2.45) is 5.92 Å². The van der Waals surface area contributed by atoms with Crippen LogP contribution in [0.1, 0.15) is 18.4 Å². The van der Waals surface area contributed by atoms with Crippen molar-refractivity contribution in [2.75, 3.05) is 0 Å². The first kappa shape index (κ1) is 13.5. The summed E-state index contributed by atoms with van der Waals surface area (Å²) in [6.45, 7) is 0.671. The lowest BCUT2D eigenvalue weighted by molar-refractivity contribution is 0.475. The highest BCUT2D eigenvalue weighted by atomic mass is 35.5. The smallest absolute Gasteiger partial charge is 0.137 e. The minimum Gasteiger partial charge on any atom is -0.252 e. The Kier molecular flexibility index (Phi) is 3.69. The lowest BCUT2D eigenvalue weighted by Gasteiger charge is -2.15. The Morgan fingerprint density at radius 3 is 2.65 bits per heavy atom. The lowest BCUT2D eigenvalue weighted by Crippen LogP contribution is -2.21. The molecule has 1 fully saturated rings. The van der Waals surface area contributed by atoms with Crippen LogP contribution in [0, 0.1) is 17.8 Å². The predicted octanol–water partition coefficient (Wildman–Crippen LogP) is 3.37. The summed E-state index contributed by atoms with van der Waals surface area (Å²) in [5.41, 5.74) is 0.943. The van der Waals surface area contributed by atoms with E-state index in [-0.39, 0.29) is 10.8 Å². The third-order valence-corrected chi connectivity index (χ3v) is 4.32. The minimum atomic E-state index is -0.203. The van der Waals surface area contributed by atoms with Gasteiger partial charge in [-0.3, -0.25) is 4.68 Å². The number of halogens is 2. The van der Waals surface area contributed by atoms with Gasteiger partial charge in [0.05, 0.1) is 17.3 Å². The van der Waals surface area contributed by atoms with Crippen LogP contribution in [0.15, 0.2) is 36.9 Å². The summed E-state index contributed by atoms with van der Waals surface area (Å²) in [6, 6.07) is 7.50. The van der Waals surface area contributed by atoms with Crippen molar-refractivity contribution in [2.45, 2.75) is 24.3 Å². The van der Waals surface area contributed by atoms with Crippen LogP contribution in [-0.4, -0.2) is 19.6 Å². The maximum absolute atomic E-state index is 6.53. The normalized spacial score (nSPS) is 17.1. The molecule has 0 spiro atoms. The van der Waals surface area contributed by atoms with Gasteiger partial charge in [-0.25, -0.2) is 4.98 Å². The van der Waals surface area contributed by atoms with Crippen LogP contribution >= 0.6 is 23.2 Å². The zero-order valence-electron chi connectivity index (χ0n) is 10.8. The van der Waals surface area contributed by atoms with E-state index in [1.807, 2.05) is 24.3 Å². The molecule has 1 aromatic heterocycles. The Morgan fingerprint density at radius 2 is 2.05 bits per heavy atom. The summed E-state index contributed by atoms with van der Waals surface area (Å²) in [7, 11) is 0. The highest BCUT2D eigenvalue weighted by molar-refractivity contribution is 6.30. The molecule has 1 saturated carbocycles. The number of aromatic nitrogens is 3. The molecule has 0 radical (unpaired) electrons. The van der Waals surface area contributed by atoms with E-state index in [1.54, 1.807) is 11.0 Å². The second-order valence-corrected chi connectivity index (χ2v) is 6.17. The van der Waals surface area contributed by atoms with Gasteiger partial charge in [0.15, 0.2) is 0 Å². The van der Waals surface area contributed by atoms with Crippen LogP contribution < -0.4 is 0 Å². The predicted molar refractivity (Wildman–Crippen MR) is 79.7 cm³/mol. The first-order valence-corrected chi connectivity index (χ1v) is 7.20. The number of nitrogens with zero attached hydrogens (tertiary/aromatic N) is 3. The molecule has 1 unspecified atom stereocenters. The van der Waals surface area contributed by atoms with E-state index in [1.165, 1.54) is 6.33 Å². The third-order valence-electron chi connectivity index (χ3n) is 3.42. The molecule has 0 saturated heterocycles. The van der Waals surface area contributed by atoms with Gasteiger partial charge < -0.3 is 0 Å². The summed E-state index contributed by atoms with van der Waals surface area (Å²) < 4.78 is 1.78. The van der Waals surface area contributed by atoms with E-state index in [4.69, 9.17) is 23.2 Å². The third kappa shape index (κ3) is 3.15. The summed E-state index contributed by atoms with van der Waals surface area (Å²) in [6.07, 6.45) is 5.23. The molecule has 2 aromatic rings. The molecule has 1 atom stereocenters. The molecule has 3 rings (SSSR count). The average Bonchev–Trinajstić information content (AvgIpc) is 3.00. The summed E-state index contributed by atoms with van der Waals surface area (Å²) in [5.74, 6) is 6.53. The Labute approximate surface area is 127 Å². The van der Waals surface area contributed by atoms with Crippen molar-refractivity contribution in [3.8, 4) is 11.8 Å². The van der Waals surface area contributed by atoms with E-state index in [9.17, 15) is 0 Å². The molecule has 20 heavy (non-hydrogen) atoms. The van der Waals surface area contributed by atoms with Crippen LogP contribution in [-0.2, 0) is 6.54 Å². The Hall–Kier alpha value is -1.50. The number of rotatable bonds is 3. The SMILES string of the molecule is Clc1ccc(C#CC(Cn2cncn2)C2(Cl)CC2)cc1. The van der Waals surface area contributed by atoms with Gasteiger partial charge in [0.25, 0.3) is 0 Å². The highest BCUT2D eigenvalue weighted by Crippen LogP contribution is 2.49. The summed E-state index contributed by atoms with van der Waals surface area (Å²) >= 11 is 12.4. The standard InChI is InChI=1S/C15H13Cl2N3/c16-14-5-2-12(3-6-14)1-4-13(15(17)7-8-15)9-20-11-18-10-19-20/h2-3,5-6,10-11,13H,7-9H2. The maximum Gasteiger partial charge on any atom is 0.137 e. The quantitative estimate of drug-likeness (QED) is 0.643. The van der Waals surface area contributed by atoms with Crippen molar-refractivity contribution in [1.29, 1.82) is 0 Å². The fraction of sp³-hybridized carbons (Fsp3) is 0.333. The molecule has 0 bridgehead atoms. The molecule has 1 aliphatic carbocycles. The van der Waals surface area contributed by atoms with Gasteiger partial charge in [0, 0.05) is 10.6 Å². The molecule has 5 heteroatoms. The molecular weight excluding hydrogens is 293 g/mol. The van der Waals surface area contributed by atoms with Crippen LogP contribution in [0.2, 0.25) is 5.02 Å². The number of alkyl halides is 1. The number of hydrogen-bond donors (Lipinski definition) is 0. The fourth-order valence-electron chi connectivity index (χ4n) is 2.02. The fourth-order valence-corrected chi connectivity index (χ4v) is 2.37. The monoisotopic (exact) mass is 305 g/mol. The first-order chi connectivity index (χ1) is 9.66. The van der Waals surface area contributed by atoms with Gasteiger partial charge in [0.2, 0.25) is 0 Å². The van der Waals surface area contributed by atoms with E-state index < -0.39 is 0 Å². The second kappa shape index (κ2) is 5.47. The Bertz CT molecular complexity index is 634. The van der Waals surface area contributed by atoms with E-state index in [0.29, 0.717) is 11.6 Å². The average molecular weight is 306 g/mol. The Balaban J connectivity index is 1.79. The van der Waals surface area contributed by atoms with Crippen LogP contribution in [0.3, 0.4) is 0 Å². The minimum absolute atomic E-state index is 0.0709. The number of benzene rings is 1. The zero-order chi connectivity index (χ0) is 14.0. The molecule has 0 amide bonds. The molecule has 1 heterocycles. The molecule has 1 aliphatic rings. The maximum atomic E-state index is 6.53. The summed E-state index contributed by atoms with van der Waals surface area (Å²) in [4.78, 5) is 3.75. The molecular formula is C15H13Cl2N3. The lowest BCUT2D eigenvalue weighted by atomic mass is 10.0. The second-order valence-electron chi connectivity index (χ2n) is 4.98. The van der Waals surface area contributed by atoms with E-state index in [2.05, 4.69) is 21.9 Å². The highest BCUT2D eigenvalue weighted by Gasteiger charge is 2.47.